The second kappa shape index (κ2) is 24.1. The van der Waals surface area contributed by atoms with Gasteiger partial charge in [0.1, 0.15) is 0 Å². The molecular weight excluding hydrogens is 940 g/mol. The van der Waals surface area contributed by atoms with E-state index in [1.165, 1.54) is 54.4 Å². The summed E-state index contributed by atoms with van der Waals surface area (Å²) < 4.78 is 109. The van der Waals surface area contributed by atoms with E-state index in [4.69, 9.17) is 0 Å². The molecule has 3 aromatic carbocycles. The Kier molecular flexibility index (Phi) is 22.1. The molecule has 2 aliphatic rings. The first-order valence-electron chi connectivity index (χ1n) is 16.0. The molecule has 17 heteroatoms. The van der Waals surface area contributed by atoms with Gasteiger partial charge in [-0.3, -0.25) is 0 Å². The van der Waals surface area contributed by atoms with E-state index in [0.29, 0.717) is 0 Å². The molecule has 5 rings (SSSR count). The molecule has 0 N–H and O–H groups in total. The summed E-state index contributed by atoms with van der Waals surface area (Å²) in [5.74, 6) is 0. The Bertz CT molecular complexity index is 1510. The molecule has 7 nitrogen and oxygen atoms in total. The molecule has 1 heterocycles. The predicted molar refractivity (Wildman–Crippen MR) is 196 cm³/mol. The van der Waals surface area contributed by atoms with Crippen LogP contribution in [0.15, 0.2) is 103 Å². The normalized spacial score (nSPS) is 15.0. The number of benzene rings is 3. The number of unbranched alkanes of at least 4 members (excludes halogenated alkanes) is 1. The Morgan fingerprint density at radius 3 is 1.25 bits per heavy atom. The zero-order valence-electron chi connectivity index (χ0n) is 28.9. The van der Waals surface area contributed by atoms with Crippen molar-refractivity contribution in [3.63, 3.8) is 0 Å². The summed E-state index contributed by atoms with van der Waals surface area (Å²) in [6.45, 7) is 6.44. The molecule has 0 atom stereocenters. The van der Waals surface area contributed by atoms with Gasteiger partial charge in [0.05, 0.1) is 0 Å². The number of rotatable bonds is 8. The molecule has 0 amide bonds. The maximum Gasteiger partial charge on any atom is 0.480 e. The summed E-state index contributed by atoms with van der Waals surface area (Å²) in [6.07, 6.45) is 20.5. The molecule has 3 aromatic rings. The van der Waals surface area contributed by atoms with Crippen LogP contribution >= 0.6 is 7.92 Å². The van der Waals surface area contributed by atoms with Crippen molar-refractivity contribution < 1.29 is 63.3 Å². The topological polar surface area (TPSA) is 88.9 Å². The van der Waals surface area contributed by atoms with Gasteiger partial charge in [0.15, 0.2) is 20.0 Å². The van der Waals surface area contributed by atoms with Crippen LogP contribution in [0.2, 0.25) is 0 Å². The van der Waals surface area contributed by atoms with E-state index in [1.54, 1.807) is 0 Å². The van der Waals surface area contributed by atoms with E-state index in [9.17, 15) is 43.2 Å². The fraction of sp³-hybridized carbons (Fsp3) is 0.306. The summed E-state index contributed by atoms with van der Waals surface area (Å²) in [4.78, 5) is 4.03. The van der Waals surface area contributed by atoms with Crippen LogP contribution < -0.4 is 15.9 Å². The maximum absolute atomic E-state index is 11.4. The third-order valence-corrected chi connectivity index (χ3v) is 11.9. The minimum Gasteiger partial charge on any atom is -0.421 e. The Morgan fingerprint density at radius 1 is 0.642 bits per heavy atom. The third kappa shape index (κ3) is 18.1. The summed E-state index contributed by atoms with van der Waals surface area (Å²) in [6, 6.07) is 32.3. The molecule has 0 aromatic heterocycles. The molecule has 0 bridgehead atoms. The van der Waals surface area contributed by atoms with Crippen molar-refractivity contribution >= 4 is 43.9 Å². The van der Waals surface area contributed by atoms with Crippen LogP contribution in [0.3, 0.4) is 0 Å². The van der Waals surface area contributed by atoms with Crippen LogP contribution in [-0.2, 0) is 40.2 Å². The van der Waals surface area contributed by atoms with Crippen molar-refractivity contribution in [1.29, 1.82) is 0 Å². The fourth-order valence-corrected chi connectivity index (χ4v) is 8.17. The van der Waals surface area contributed by atoms with Crippen molar-refractivity contribution in [3.8, 4) is 0 Å². The SMILES string of the molecule is CCCCN1[C]N(C)C=C1.O=S(=O)([N-]S(=O)(=O)C(F)(F)F)C(F)(F)F.[CH]1[CH]CC[CH][CH]CC1.[Ir].c1ccc(P(c2ccccc2)c2ccccc2)cc1. The van der Waals surface area contributed by atoms with Crippen molar-refractivity contribution in [3.05, 3.63) is 140 Å². The first kappa shape index (κ1) is 48.5. The second-order valence-electron chi connectivity index (χ2n) is 10.9. The van der Waals surface area contributed by atoms with E-state index in [2.05, 4.69) is 141 Å². The van der Waals surface area contributed by atoms with Crippen molar-refractivity contribution in [2.24, 2.45) is 0 Å². The number of sulfonamides is 2. The van der Waals surface area contributed by atoms with Gasteiger partial charge in [-0.2, -0.15) is 26.3 Å². The number of halogens is 6. The molecule has 53 heavy (non-hydrogen) atoms. The molecule has 0 saturated heterocycles. The van der Waals surface area contributed by atoms with Gasteiger partial charge in [0, 0.05) is 46.1 Å². The average Bonchev–Trinajstić information content (AvgIpc) is 3.49. The zero-order chi connectivity index (χ0) is 38.7. The van der Waals surface area contributed by atoms with E-state index >= 15 is 0 Å². The average molecular weight is 981 g/mol. The van der Waals surface area contributed by atoms with Crippen molar-refractivity contribution in [2.45, 2.75) is 56.5 Å². The molecule has 1 aliphatic carbocycles. The van der Waals surface area contributed by atoms with Crippen LogP contribution in [-0.4, -0.2) is 51.2 Å². The van der Waals surface area contributed by atoms with Crippen LogP contribution in [0.5, 0.6) is 0 Å². The Labute approximate surface area is 325 Å². The number of nitrogens with zero attached hydrogens (tertiary/aromatic N) is 3. The summed E-state index contributed by atoms with van der Waals surface area (Å²) in [7, 11) is -11.9. The second-order valence-corrected chi connectivity index (χ2v) is 16.6. The first-order valence-corrected chi connectivity index (χ1v) is 20.3. The summed E-state index contributed by atoms with van der Waals surface area (Å²) >= 11 is 0. The van der Waals surface area contributed by atoms with E-state index < -0.39 is 39.0 Å². The molecule has 293 valence electrons. The number of hydrogen-bond donors (Lipinski definition) is 0. The van der Waals surface area contributed by atoms with Gasteiger partial charge in [0.25, 0.3) is 0 Å². The van der Waals surface area contributed by atoms with Crippen LogP contribution in [0.25, 0.3) is 4.13 Å². The molecule has 1 aliphatic heterocycles. The number of hydrogen-bond acceptors (Lipinski definition) is 6. The van der Waals surface area contributed by atoms with Crippen LogP contribution in [0.1, 0.15) is 45.4 Å². The number of alkyl halides is 6. The Balaban J connectivity index is 0.000000370. The van der Waals surface area contributed by atoms with Gasteiger partial charge in [0.2, 0.25) is 6.67 Å². The monoisotopic (exact) mass is 981 g/mol. The zero-order valence-corrected chi connectivity index (χ0v) is 33.8. The summed E-state index contributed by atoms with van der Waals surface area (Å²) in [5, 5.41) is 4.19. The molecule has 7 radical (unpaired) electrons. The van der Waals surface area contributed by atoms with Crippen molar-refractivity contribution in [2.75, 3.05) is 13.6 Å². The molecule has 1 saturated carbocycles. The standard InChI is InChI=1S/C18H15P.C8H14N2.C8H12.C2F6NO4S2.Ir/c1-4-10-16(11-5-1)19(17-12-6-2-7-13-17)18-14-8-3-9-15-18;1-3-4-5-10-7-6-9(2)8-10;1-2-4-6-8-7-5-3-1;3-1(4,5)14(10,11)9-15(12,13)2(6,7)8;/h1-15H;6-7H,3-5H2,1-2H3;1-2,7-8H,3-6H2;;/q;;;-1;. The van der Waals surface area contributed by atoms with Gasteiger partial charge in [-0.15, -0.1) is 0 Å². The van der Waals surface area contributed by atoms with Gasteiger partial charge >= 0.3 is 11.0 Å². The minimum atomic E-state index is -6.72. The van der Waals surface area contributed by atoms with E-state index in [1.807, 2.05) is 18.1 Å². The first-order chi connectivity index (χ1) is 24.5. The Hall–Kier alpha value is -2.48. The van der Waals surface area contributed by atoms with Crippen molar-refractivity contribution in [1.82, 2.24) is 9.80 Å². The molecule has 0 spiro atoms. The van der Waals surface area contributed by atoms with Gasteiger partial charge < -0.3 is 13.9 Å². The van der Waals surface area contributed by atoms with E-state index in [-0.39, 0.29) is 20.1 Å². The predicted octanol–water partition coefficient (Wildman–Crippen LogP) is 8.38. The third-order valence-electron chi connectivity index (χ3n) is 6.67. The van der Waals surface area contributed by atoms with Gasteiger partial charge in [-0.05, 0) is 81.6 Å². The van der Waals surface area contributed by atoms with Gasteiger partial charge in [-0.1, -0.05) is 104 Å². The smallest absolute Gasteiger partial charge is 0.421 e. The quantitative estimate of drug-likeness (QED) is 0.167. The molecular formula is C36H41F6IrN3O4PS2-. The largest absolute Gasteiger partial charge is 0.480 e. The van der Waals surface area contributed by atoms with Crippen LogP contribution in [0.4, 0.5) is 26.3 Å². The van der Waals surface area contributed by atoms with Gasteiger partial charge in [-0.25, -0.2) is 16.8 Å². The summed E-state index contributed by atoms with van der Waals surface area (Å²) in [5.41, 5.74) is -12.4. The van der Waals surface area contributed by atoms with Crippen LogP contribution in [0, 0.1) is 32.4 Å². The molecule has 0 unspecified atom stereocenters. The van der Waals surface area contributed by atoms with E-state index in [0.717, 1.165) is 10.7 Å². The molecule has 1 fully saturated rings. The minimum absolute atomic E-state index is 0. The maximum atomic E-state index is 11.4. The fourth-order valence-electron chi connectivity index (χ4n) is 4.15. The Morgan fingerprint density at radius 2 is 0.981 bits per heavy atom.